The van der Waals surface area contributed by atoms with Gasteiger partial charge in [0.1, 0.15) is 0 Å². The summed E-state index contributed by atoms with van der Waals surface area (Å²) in [6.07, 6.45) is 0.749. The van der Waals surface area contributed by atoms with Gasteiger partial charge in [0.15, 0.2) is 16.6 Å². The lowest BCUT2D eigenvalue weighted by Crippen LogP contribution is -1.94. The van der Waals surface area contributed by atoms with Crippen LogP contribution in [0.1, 0.15) is 10.4 Å². The molecule has 0 fully saturated rings. The average Bonchev–Trinajstić information content (AvgIpc) is 2.96. The van der Waals surface area contributed by atoms with Crippen molar-refractivity contribution >= 4 is 16.5 Å². The van der Waals surface area contributed by atoms with Crippen molar-refractivity contribution < 1.29 is 9.47 Å². The topological polar surface area (TPSA) is 57.4 Å². The molecular formula is C18H18N2O2S. The monoisotopic (exact) mass is 326 g/mol. The van der Waals surface area contributed by atoms with Crippen LogP contribution in [0.3, 0.4) is 0 Å². The third-order valence-corrected chi connectivity index (χ3v) is 4.46. The van der Waals surface area contributed by atoms with Crippen LogP contribution in [0, 0.1) is 0 Å². The number of benzene rings is 2. The second-order valence-electron chi connectivity index (χ2n) is 5.06. The second-order valence-corrected chi connectivity index (χ2v) is 6.17. The van der Waals surface area contributed by atoms with Gasteiger partial charge in [-0.1, -0.05) is 36.4 Å². The summed E-state index contributed by atoms with van der Waals surface area (Å²) in [5.41, 5.74) is 9.09. The number of rotatable bonds is 5. The van der Waals surface area contributed by atoms with Crippen LogP contribution in [0.4, 0.5) is 5.13 Å². The van der Waals surface area contributed by atoms with Crippen molar-refractivity contribution in [1.29, 1.82) is 0 Å². The molecule has 0 aliphatic carbocycles. The molecule has 0 spiro atoms. The Morgan fingerprint density at radius 2 is 1.74 bits per heavy atom. The molecule has 5 heteroatoms. The number of methoxy groups -OCH3 is 2. The Kier molecular flexibility index (Phi) is 4.48. The van der Waals surface area contributed by atoms with E-state index < -0.39 is 0 Å². The van der Waals surface area contributed by atoms with Gasteiger partial charge in [-0.25, -0.2) is 4.98 Å². The molecule has 118 valence electrons. The largest absolute Gasteiger partial charge is 0.493 e. The molecule has 3 rings (SSSR count). The molecule has 0 radical (unpaired) electrons. The Balaban J connectivity index is 1.95. The van der Waals surface area contributed by atoms with Crippen LogP contribution in [0.15, 0.2) is 48.5 Å². The zero-order valence-corrected chi connectivity index (χ0v) is 13.9. The van der Waals surface area contributed by atoms with E-state index in [1.165, 1.54) is 11.3 Å². The molecule has 0 unspecified atom stereocenters. The van der Waals surface area contributed by atoms with Crippen LogP contribution in [-0.2, 0) is 6.42 Å². The van der Waals surface area contributed by atoms with Crippen LogP contribution in [0.2, 0.25) is 0 Å². The fourth-order valence-electron chi connectivity index (χ4n) is 2.49. The van der Waals surface area contributed by atoms with Crippen LogP contribution >= 0.6 is 11.3 Å². The summed E-state index contributed by atoms with van der Waals surface area (Å²) in [4.78, 5) is 5.63. The normalized spacial score (nSPS) is 10.5. The Hall–Kier alpha value is -2.53. The van der Waals surface area contributed by atoms with Crippen molar-refractivity contribution in [2.24, 2.45) is 0 Å². The maximum Gasteiger partial charge on any atom is 0.180 e. The van der Waals surface area contributed by atoms with E-state index in [1.807, 2.05) is 48.5 Å². The number of hydrogen-bond acceptors (Lipinski definition) is 5. The van der Waals surface area contributed by atoms with Gasteiger partial charge in [0.05, 0.1) is 19.9 Å². The first-order valence-corrected chi connectivity index (χ1v) is 8.04. The van der Waals surface area contributed by atoms with Gasteiger partial charge >= 0.3 is 0 Å². The highest BCUT2D eigenvalue weighted by Gasteiger charge is 2.13. The molecular weight excluding hydrogens is 308 g/mol. The van der Waals surface area contributed by atoms with E-state index in [9.17, 15) is 0 Å². The van der Waals surface area contributed by atoms with E-state index in [4.69, 9.17) is 15.2 Å². The van der Waals surface area contributed by atoms with Gasteiger partial charge in [0.2, 0.25) is 0 Å². The van der Waals surface area contributed by atoms with E-state index in [0.29, 0.717) is 5.13 Å². The Labute approximate surface area is 139 Å². The zero-order valence-electron chi connectivity index (χ0n) is 13.1. The van der Waals surface area contributed by atoms with Gasteiger partial charge in [-0.2, -0.15) is 0 Å². The summed E-state index contributed by atoms with van der Waals surface area (Å²) in [6.45, 7) is 0. The third-order valence-electron chi connectivity index (χ3n) is 3.57. The number of nitrogens with two attached hydrogens (primary N) is 1. The Morgan fingerprint density at radius 3 is 2.43 bits per heavy atom. The van der Waals surface area contributed by atoms with Crippen LogP contribution in [0.25, 0.3) is 11.3 Å². The molecule has 1 aromatic heterocycles. The predicted molar refractivity (Wildman–Crippen MR) is 94.3 cm³/mol. The highest BCUT2D eigenvalue weighted by molar-refractivity contribution is 7.15. The van der Waals surface area contributed by atoms with E-state index in [2.05, 4.69) is 4.98 Å². The van der Waals surface area contributed by atoms with Crippen molar-refractivity contribution in [3.05, 3.63) is 59.0 Å². The molecule has 1 heterocycles. The Bertz CT molecular complexity index is 800. The van der Waals surface area contributed by atoms with Gasteiger partial charge in [-0.05, 0) is 17.7 Å². The van der Waals surface area contributed by atoms with Crippen molar-refractivity contribution in [2.45, 2.75) is 6.42 Å². The van der Waals surface area contributed by atoms with Crippen LogP contribution in [0.5, 0.6) is 11.5 Å². The molecule has 0 saturated heterocycles. The van der Waals surface area contributed by atoms with E-state index in [-0.39, 0.29) is 0 Å². The fraction of sp³-hybridized carbons (Fsp3) is 0.167. The summed E-state index contributed by atoms with van der Waals surface area (Å²) in [5, 5.41) is 0.583. The number of hydrogen-bond donors (Lipinski definition) is 1. The fourth-order valence-corrected chi connectivity index (χ4v) is 3.38. The maximum atomic E-state index is 5.93. The molecule has 2 N–H and O–H groups in total. The molecule has 0 aliphatic heterocycles. The highest BCUT2D eigenvalue weighted by Crippen LogP contribution is 2.34. The molecule has 3 aromatic rings. The molecule has 2 aromatic carbocycles. The summed E-state index contributed by atoms with van der Waals surface area (Å²) in [7, 11) is 3.27. The summed E-state index contributed by atoms with van der Waals surface area (Å²) < 4.78 is 10.7. The van der Waals surface area contributed by atoms with Crippen molar-refractivity contribution in [3.8, 4) is 22.8 Å². The first kappa shape index (κ1) is 15.4. The van der Waals surface area contributed by atoms with E-state index in [1.54, 1.807) is 14.2 Å². The third kappa shape index (κ3) is 3.29. The molecule has 4 nitrogen and oxygen atoms in total. The van der Waals surface area contributed by atoms with Gasteiger partial charge in [0, 0.05) is 16.9 Å². The molecule has 0 aliphatic rings. The second kappa shape index (κ2) is 6.71. The van der Waals surface area contributed by atoms with E-state index in [0.717, 1.165) is 39.6 Å². The number of aromatic nitrogens is 1. The number of nitrogens with zero attached hydrogens (tertiary/aromatic N) is 1. The minimum atomic E-state index is 0.583. The zero-order chi connectivity index (χ0) is 16.2. The van der Waals surface area contributed by atoms with E-state index >= 15 is 0 Å². The highest BCUT2D eigenvalue weighted by atomic mass is 32.1. The van der Waals surface area contributed by atoms with Crippen LogP contribution < -0.4 is 15.2 Å². The molecule has 23 heavy (non-hydrogen) atoms. The lowest BCUT2D eigenvalue weighted by molar-refractivity contribution is 0.354. The predicted octanol–water partition coefficient (Wildman–Crippen LogP) is 4.00. The minimum absolute atomic E-state index is 0.583. The maximum absolute atomic E-state index is 5.93. The summed E-state index contributed by atoms with van der Waals surface area (Å²) in [5.74, 6) is 1.45. The molecule has 0 saturated carbocycles. The SMILES string of the molecule is COc1ccc(Cc2sc(N)nc2-c2ccccc2)cc1OC. The van der Waals surface area contributed by atoms with Crippen molar-refractivity contribution in [3.63, 3.8) is 0 Å². The van der Waals surface area contributed by atoms with Crippen molar-refractivity contribution in [1.82, 2.24) is 4.98 Å². The quantitative estimate of drug-likeness (QED) is 0.770. The number of anilines is 1. The standard InChI is InChI=1S/C18H18N2O2S/c1-21-14-9-8-12(10-15(14)22-2)11-16-17(20-18(19)23-16)13-6-4-3-5-7-13/h3-10H,11H2,1-2H3,(H2,19,20). The van der Waals surface area contributed by atoms with Gasteiger partial charge < -0.3 is 15.2 Å². The first-order chi connectivity index (χ1) is 11.2. The lowest BCUT2D eigenvalue weighted by Gasteiger charge is -2.09. The Morgan fingerprint density at radius 1 is 1.00 bits per heavy atom. The average molecular weight is 326 g/mol. The number of ether oxygens (including phenoxy) is 2. The van der Waals surface area contributed by atoms with Crippen LogP contribution in [-0.4, -0.2) is 19.2 Å². The molecule has 0 atom stereocenters. The lowest BCUT2D eigenvalue weighted by atomic mass is 10.1. The molecule has 0 amide bonds. The first-order valence-electron chi connectivity index (χ1n) is 7.22. The summed E-state index contributed by atoms with van der Waals surface area (Å²) >= 11 is 1.52. The van der Waals surface area contributed by atoms with Gasteiger partial charge in [-0.15, -0.1) is 11.3 Å². The van der Waals surface area contributed by atoms with Crippen molar-refractivity contribution in [2.75, 3.05) is 20.0 Å². The number of nitrogen functional groups attached to an aromatic ring is 1. The van der Waals surface area contributed by atoms with Gasteiger partial charge in [0.25, 0.3) is 0 Å². The smallest absolute Gasteiger partial charge is 0.180 e. The molecule has 0 bridgehead atoms. The summed E-state index contributed by atoms with van der Waals surface area (Å²) in [6, 6.07) is 16.0. The van der Waals surface area contributed by atoms with Gasteiger partial charge in [-0.3, -0.25) is 0 Å². The minimum Gasteiger partial charge on any atom is -0.493 e. The number of thiazole rings is 1.